The zero-order valence-electron chi connectivity index (χ0n) is 19.8. The van der Waals surface area contributed by atoms with Gasteiger partial charge in [0.15, 0.2) is 5.69 Å². The second-order valence-electron chi connectivity index (χ2n) is 7.78. The molecule has 0 spiro atoms. The smallest absolute Gasteiger partial charge is 0.272 e. The molecule has 2 N–H and O–H groups in total. The molecule has 1 atom stereocenters. The van der Waals surface area contributed by atoms with Crippen LogP contribution in [0.3, 0.4) is 0 Å². The Morgan fingerprint density at radius 1 is 1.31 bits per heavy atom. The molecule has 0 radical (unpaired) electrons. The number of benzene rings is 1. The molecule has 1 amide bonds. The fourth-order valence-corrected chi connectivity index (χ4v) is 4.65. The number of nitro groups is 1. The molecule has 0 aliphatic heterocycles. The highest BCUT2D eigenvalue weighted by Gasteiger charge is 2.28. The number of furan rings is 1. The predicted octanol–water partition coefficient (Wildman–Crippen LogP) is 3.51. The van der Waals surface area contributed by atoms with Crippen LogP contribution in [0.4, 0.5) is 5.69 Å². The van der Waals surface area contributed by atoms with Crippen LogP contribution in [0.2, 0.25) is 0 Å². The Balaban J connectivity index is 1.98. The number of non-ortho nitro benzene ring substituents is 1. The molecule has 3 aromatic rings. The van der Waals surface area contributed by atoms with E-state index in [9.17, 15) is 23.3 Å². The minimum Gasteiger partial charge on any atom is -0.467 e. The van der Waals surface area contributed by atoms with Crippen molar-refractivity contribution < 1.29 is 27.3 Å². The highest BCUT2D eigenvalue weighted by atomic mass is 32.2. The molecule has 1 unspecified atom stereocenters. The summed E-state index contributed by atoms with van der Waals surface area (Å²) >= 11 is 0. The Labute approximate surface area is 202 Å². The number of nitro benzene ring substituents is 1. The van der Waals surface area contributed by atoms with Crippen molar-refractivity contribution >= 4 is 21.6 Å². The van der Waals surface area contributed by atoms with E-state index in [1.807, 2.05) is 0 Å². The molecule has 0 saturated carbocycles. The number of ether oxygens (including phenoxy) is 1. The normalized spacial score (nSPS) is 12.3. The topological polar surface area (TPSA) is 159 Å². The highest BCUT2D eigenvalue weighted by Crippen LogP contribution is 2.34. The van der Waals surface area contributed by atoms with Crippen LogP contribution in [0.25, 0.3) is 0 Å². The minimum atomic E-state index is -4.15. The van der Waals surface area contributed by atoms with Crippen LogP contribution in [0.1, 0.15) is 49.0 Å². The molecule has 1 aromatic carbocycles. The fraction of sp³-hybridized carbons (Fsp3) is 0.364. The third-order valence-corrected chi connectivity index (χ3v) is 6.86. The van der Waals surface area contributed by atoms with Crippen molar-refractivity contribution in [2.24, 2.45) is 0 Å². The lowest BCUT2D eigenvalue weighted by Crippen LogP contribution is -2.32. The van der Waals surface area contributed by atoms with Crippen LogP contribution in [0, 0.1) is 17.0 Å². The predicted molar refractivity (Wildman–Crippen MR) is 126 cm³/mol. The lowest BCUT2D eigenvalue weighted by molar-refractivity contribution is -0.385. The second kappa shape index (κ2) is 10.7. The largest absolute Gasteiger partial charge is 0.467 e. The first-order chi connectivity index (χ1) is 16.6. The molecule has 35 heavy (non-hydrogen) atoms. The van der Waals surface area contributed by atoms with Crippen LogP contribution < -0.4 is 14.8 Å². The number of sulfonamides is 1. The number of aromatic nitrogens is 2. The Morgan fingerprint density at radius 3 is 2.66 bits per heavy atom. The Hall–Kier alpha value is -3.71. The van der Waals surface area contributed by atoms with E-state index in [0.29, 0.717) is 24.3 Å². The summed E-state index contributed by atoms with van der Waals surface area (Å²) in [5.41, 5.74) is 0.0680. The van der Waals surface area contributed by atoms with Gasteiger partial charge in [-0.2, -0.15) is 5.10 Å². The molecule has 0 fully saturated rings. The zero-order valence-corrected chi connectivity index (χ0v) is 20.6. The number of nitrogens with zero attached hydrogens (tertiary/aromatic N) is 3. The number of hydrogen-bond donors (Lipinski definition) is 2. The van der Waals surface area contributed by atoms with Gasteiger partial charge in [-0.1, -0.05) is 6.92 Å². The van der Waals surface area contributed by atoms with Gasteiger partial charge in [-0.25, -0.2) is 17.8 Å². The molecule has 12 nitrogen and oxygen atoms in total. The second-order valence-corrected chi connectivity index (χ2v) is 9.46. The fourth-order valence-electron chi connectivity index (χ4n) is 3.18. The SMILES string of the molecule is CCC(C)NS(=O)(=O)c1cc([N+](=O)[O-])ccc1Oc1c(C)c(C(=O)NCc2ccco2)nn1CC. The van der Waals surface area contributed by atoms with E-state index in [4.69, 9.17) is 9.15 Å². The van der Waals surface area contributed by atoms with E-state index in [-0.39, 0.29) is 28.8 Å². The summed E-state index contributed by atoms with van der Waals surface area (Å²) in [5, 5.41) is 18.3. The van der Waals surface area contributed by atoms with Crippen LogP contribution >= 0.6 is 0 Å². The van der Waals surface area contributed by atoms with Gasteiger partial charge in [0, 0.05) is 30.3 Å². The molecule has 13 heteroatoms. The molecule has 2 aromatic heterocycles. The molecule has 0 saturated heterocycles. The van der Waals surface area contributed by atoms with E-state index in [2.05, 4.69) is 15.1 Å². The monoisotopic (exact) mass is 505 g/mol. The summed E-state index contributed by atoms with van der Waals surface area (Å²) in [6.07, 6.45) is 2.01. The first kappa shape index (κ1) is 25.9. The van der Waals surface area contributed by atoms with E-state index < -0.39 is 32.6 Å². The van der Waals surface area contributed by atoms with E-state index in [1.165, 1.54) is 17.0 Å². The molecule has 0 aliphatic rings. The maximum absolute atomic E-state index is 13.0. The summed E-state index contributed by atoms with van der Waals surface area (Å²) in [7, 11) is -4.15. The molecule has 2 heterocycles. The van der Waals surface area contributed by atoms with Crippen LogP contribution in [-0.2, 0) is 23.1 Å². The summed E-state index contributed by atoms with van der Waals surface area (Å²) < 4.78 is 41.1. The Kier molecular flexibility index (Phi) is 7.92. The van der Waals surface area contributed by atoms with Gasteiger partial charge >= 0.3 is 0 Å². The molecule has 0 bridgehead atoms. The van der Waals surface area contributed by atoms with Crippen molar-refractivity contribution in [3.8, 4) is 11.6 Å². The Morgan fingerprint density at radius 2 is 2.06 bits per heavy atom. The quantitative estimate of drug-likeness (QED) is 0.296. The number of rotatable bonds is 11. The number of carbonyl (C=O) groups is 1. The van der Waals surface area contributed by atoms with E-state index in [0.717, 1.165) is 12.1 Å². The number of carbonyl (C=O) groups excluding carboxylic acids is 1. The van der Waals surface area contributed by atoms with Gasteiger partial charge in [-0.15, -0.1) is 0 Å². The highest BCUT2D eigenvalue weighted by molar-refractivity contribution is 7.89. The summed E-state index contributed by atoms with van der Waals surface area (Å²) in [6.45, 7) is 7.36. The van der Waals surface area contributed by atoms with Crippen molar-refractivity contribution in [1.82, 2.24) is 19.8 Å². The van der Waals surface area contributed by atoms with Gasteiger partial charge < -0.3 is 14.5 Å². The first-order valence-electron chi connectivity index (χ1n) is 10.9. The number of nitrogens with one attached hydrogen (secondary N) is 2. The van der Waals surface area contributed by atoms with Crippen molar-refractivity contribution in [2.75, 3.05) is 0 Å². The van der Waals surface area contributed by atoms with E-state index >= 15 is 0 Å². The summed E-state index contributed by atoms with van der Waals surface area (Å²) in [6, 6.07) is 6.33. The molecule has 188 valence electrons. The molecular weight excluding hydrogens is 478 g/mol. The van der Waals surface area contributed by atoms with Gasteiger partial charge in [-0.3, -0.25) is 14.9 Å². The summed E-state index contributed by atoms with van der Waals surface area (Å²) in [5.74, 6) is 0.110. The first-order valence-corrected chi connectivity index (χ1v) is 12.4. The third kappa shape index (κ3) is 5.87. The summed E-state index contributed by atoms with van der Waals surface area (Å²) in [4.78, 5) is 22.9. The van der Waals surface area contributed by atoms with Gasteiger partial charge in [-0.05, 0) is 45.4 Å². The van der Waals surface area contributed by atoms with Gasteiger partial charge in [0.1, 0.15) is 16.4 Å². The van der Waals surface area contributed by atoms with Crippen molar-refractivity contribution in [2.45, 2.75) is 58.1 Å². The maximum atomic E-state index is 13.0. The van der Waals surface area contributed by atoms with E-state index in [1.54, 1.807) is 39.8 Å². The van der Waals surface area contributed by atoms with Crippen molar-refractivity contribution in [1.29, 1.82) is 0 Å². The van der Waals surface area contributed by atoms with Crippen molar-refractivity contribution in [3.05, 3.63) is 63.7 Å². The zero-order chi connectivity index (χ0) is 25.8. The van der Waals surface area contributed by atoms with Gasteiger partial charge in [0.05, 0.1) is 17.7 Å². The maximum Gasteiger partial charge on any atom is 0.272 e. The lowest BCUT2D eigenvalue weighted by Gasteiger charge is -2.16. The van der Waals surface area contributed by atoms with Crippen LogP contribution in [0.15, 0.2) is 45.9 Å². The molecule has 3 rings (SSSR count). The van der Waals surface area contributed by atoms with Crippen LogP contribution in [0.5, 0.6) is 11.6 Å². The Bertz CT molecular complexity index is 1320. The molecule has 0 aliphatic carbocycles. The number of hydrogen-bond acceptors (Lipinski definition) is 8. The standard InChI is InChI=1S/C22H27N5O7S/c1-5-14(3)25-35(31,32)19-12-16(27(29)30)9-10-18(19)34-22-15(4)20(24-26(22)6-2)21(28)23-13-17-8-7-11-33-17/h7-12,14,25H,5-6,13H2,1-4H3,(H,23,28). The third-order valence-electron chi connectivity index (χ3n) is 5.25. The lowest BCUT2D eigenvalue weighted by atomic mass is 10.2. The number of amides is 1. The van der Waals surface area contributed by atoms with Gasteiger partial charge in [0.2, 0.25) is 15.9 Å². The van der Waals surface area contributed by atoms with Gasteiger partial charge in [0.25, 0.3) is 11.6 Å². The minimum absolute atomic E-state index is 0.0949. The average molecular weight is 506 g/mol. The molecular formula is C22H27N5O7S. The van der Waals surface area contributed by atoms with Crippen LogP contribution in [-0.4, -0.2) is 35.1 Å². The van der Waals surface area contributed by atoms with Crippen molar-refractivity contribution in [3.63, 3.8) is 0 Å². The average Bonchev–Trinajstić information content (AvgIpc) is 3.45. The number of aryl methyl sites for hydroxylation is 1.